The molecule has 0 fully saturated rings. The van der Waals surface area contributed by atoms with Gasteiger partial charge < -0.3 is 4.90 Å². The summed E-state index contributed by atoms with van der Waals surface area (Å²) in [6.07, 6.45) is 0. The molecule has 0 atom stereocenters. The zero-order valence-electron chi connectivity index (χ0n) is 15.1. The number of benzene rings is 1. The number of aromatic nitrogens is 2. The lowest BCUT2D eigenvalue weighted by atomic mass is 10.1. The number of rotatable bonds is 8. The first-order chi connectivity index (χ1) is 11.9. The van der Waals surface area contributed by atoms with Crippen molar-refractivity contribution in [2.45, 2.75) is 32.0 Å². The van der Waals surface area contributed by atoms with Gasteiger partial charge in [0.25, 0.3) is 0 Å². The molecule has 1 aromatic carbocycles. The van der Waals surface area contributed by atoms with Gasteiger partial charge in [0, 0.05) is 13.1 Å². The quantitative estimate of drug-likeness (QED) is 0.471. The second kappa shape index (κ2) is 9.50. The molecular weight excluding hydrogens is 370 g/mol. The van der Waals surface area contributed by atoms with Gasteiger partial charge in [-0.3, -0.25) is 4.79 Å². The molecule has 0 radical (unpaired) electrons. The highest BCUT2D eigenvalue weighted by molar-refractivity contribution is 8.01. The van der Waals surface area contributed by atoms with E-state index in [0.717, 1.165) is 23.1 Å². The first-order valence-corrected chi connectivity index (χ1v) is 10.6. The van der Waals surface area contributed by atoms with E-state index in [2.05, 4.69) is 32.8 Å². The number of hydrogen-bond acceptors (Lipinski definition) is 5. The van der Waals surface area contributed by atoms with E-state index < -0.39 is 0 Å². The van der Waals surface area contributed by atoms with Crippen molar-refractivity contribution in [3.8, 4) is 5.69 Å². The molecule has 2 rings (SSSR count). The van der Waals surface area contributed by atoms with Crippen molar-refractivity contribution in [3.05, 3.63) is 34.3 Å². The first kappa shape index (κ1) is 20.1. The Morgan fingerprint density at radius 1 is 1.20 bits per heavy atom. The Balaban J connectivity index is 2.03. The predicted molar refractivity (Wildman–Crippen MR) is 109 cm³/mol. The molecule has 1 heterocycles. The Hall–Kier alpha value is -1.18. The Morgan fingerprint density at radius 3 is 2.36 bits per heavy atom. The van der Waals surface area contributed by atoms with Gasteiger partial charge in [0.15, 0.2) is 8.29 Å². The molecule has 0 spiro atoms. The molecule has 0 N–H and O–H groups in total. The molecule has 4 nitrogen and oxygen atoms in total. The summed E-state index contributed by atoms with van der Waals surface area (Å²) < 4.78 is 3.28. The topological polar surface area (TPSA) is 38.1 Å². The van der Waals surface area contributed by atoms with Gasteiger partial charge in [0.1, 0.15) is 0 Å². The molecule has 1 aromatic heterocycles. The molecule has 25 heavy (non-hydrogen) atoms. The van der Waals surface area contributed by atoms with Crippen molar-refractivity contribution in [1.29, 1.82) is 0 Å². The first-order valence-electron chi connectivity index (χ1n) is 8.43. The van der Waals surface area contributed by atoms with E-state index in [-0.39, 0.29) is 5.91 Å². The number of para-hydroxylation sites is 1. The zero-order valence-corrected chi connectivity index (χ0v) is 17.6. The molecule has 0 aliphatic rings. The maximum absolute atomic E-state index is 12.6. The number of hydrogen-bond donors (Lipinski definition) is 0. The van der Waals surface area contributed by atoms with Crippen LogP contribution in [0.2, 0.25) is 0 Å². The van der Waals surface area contributed by atoms with Crippen molar-refractivity contribution in [1.82, 2.24) is 14.7 Å². The molecule has 2 aromatic rings. The molecule has 0 aliphatic carbocycles. The van der Waals surface area contributed by atoms with Crippen molar-refractivity contribution in [3.63, 3.8) is 0 Å². The highest BCUT2D eigenvalue weighted by atomic mass is 32.2. The van der Waals surface area contributed by atoms with Crippen LogP contribution < -0.4 is 0 Å². The van der Waals surface area contributed by atoms with E-state index in [4.69, 9.17) is 12.2 Å². The largest absolute Gasteiger partial charge is 0.341 e. The van der Waals surface area contributed by atoms with Gasteiger partial charge in [-0.1, -0.05) is 69.0 Å². The Labute approximate surface area is 163 Å². The van der Waals surface area contributed by atoms with Crippen LogP contribution in [0.5, 0.6) is 0 Å². The lowest BCUT2D eigenvalue weighted by Gasteiger charge is -2.26. The molecule has 0 unspecified atom stereocenters. The van der Waals surface area contributed by atoms with Crippen LogP contribution in [0.3, 0.4) is 0 Å². The SMILES string of the molecule is CC(C)CN(CC(C)C)C(=O)CSc1nn(-c2ccccc2)c(=S)s1. The van der Waals surface area contributed by atoms with Crippen molar-refractivity contribution >= 4 is 41.2 Å². The minimum Gasteiger partial charge on any atom is -0.341 e. The minimum absolute atomic E-state index is 0.166. The van der Waals surface area contributed by atoms with Crippen LogP contribution in [-0.2, 0) is 4.79 Å². The monoisotopic (exact) mass is 395 g/mol. The van der Waals surface area contributed by atoms with E-state index in [1.165, 1.54) is 23.1 Å². The lowest BCUT2D eigenvalue weighted by molar-refractivity contribution is -0.129. The van der Waals surface area contributed by atoms with Crippen LogP contribution in [0.25, 0.3) is 5.69 Å². The summed E-state index contributed by atoms with van der Waals surface area (Å²) in [5.41, 5.74) is 0.947. The summed E-state index contributed by atoms with van der Waals surface area (Å²) in [6, 6.07) is 9.83. The second-order valence-corrected chi connectivity index (χ2v) is 9.60. The van der Waals surface area contributed by atoms with E-state index in [1.54, 1.807) is 4.68 Å². The molecule has 0 saturated carbocycles. The van der Waals surface area contributed by atoms with Crippen LogP contribution in [0.15, 0.2) is 34.7 Å². The van der Waals surface area contributed by atoms with Gasteiger partial charge in [0.2, 0.25) is 5.91 Å². The van der Waals surface area contributed by atoms with Gasteiger partial charge in [-0.15, -0.1) is 5.10 Å². The summed E-state index contributed by atoms with van der Waals surface area (Å²) in [7, 11) is 0. The van der Waals surface area contributed by atoms with Gasteiger partial charge in [-0.05, 0) is 36.2 Å². The van der Waals surface area contributed by atoms with Crippen LogP contribution in [0.1, 0.15) is 27.7 Å². The lowest BCUT2D eigenvalue weighted by Crippen LogP contribution is -2.38. The van der Waals surface area contributed by atoms with Crippen molar-refractivity contribution in [2.75, 3.05) is 18.8 Å². The fourth-order valence-corrected chi connectivity index (χ4v) is 4.69. The molecular formula is C18H25N3OS3. The molecule has 0 bridgehead atoms. The smallest absolute Gasteiger partial charge is 0.233 e. The number of nitrogens with zero attached hydrogens (tertiary/aromatic N) is 3. The van der Waals surface area contributed by atoms with E-state index >= 15 is 0 Å². The highest BCUT2D eigenvalue weighted by Gasteiger charge is 2.17. The van der Waals surface area contributed by atoms with Gasteiger partial charge in [0.05, 0.1) is 11.4 Å². The van der Waals surface area contributed by atoms with E-state index in [1.807, 2.05) is 35.2 Å². The Morgan fingerprint density at radius 2 is 1.80 bits per heavy atom. The predicted octanol–water partition coefficient (Wildman–Crippen LogP) is 4.90. The van der Waals surface area contributed by atoms with Crippen LogP contribution in [0, 0.1) is 15.8 Å². The summed E-state index contributed by atoms with van der Waals surface area (Å²) in [4.78, 5) is 14.6. The third-order valence-electron chi connectivity index (χ3n) is 3.37. The maximum Gasteiger partial charge on any atom is 0.233 e. The molecule has 1 amide bonds. The number of thioether (sulfide) groups is 1. The number of carbonyl (C=O) groups is 1. The Bertz CT molecular complexity index is 728. The molecule has 0 aliphatic heterocycles. The fraction of sp³-hybridized carbons (Fsp3) is 0.500. The van der Waals surface area contributed by atoms with Crippen LogP contribution >= 0.6 is 35.3 Å². The third kappa shape index (κ3) is 6.24. The second-order valence-electron chi connectivity index (χ2n) is 6.76. The van der Waals surface area contributed by atoms with Crippen LogP contribution in [-0.4, -0.2) is 39.4 Å². The average molecular weight is 396 g/mol. The third-order valence-corrected chi connectivity index (χ3v) is 5.72. The number of carbonyl (C=O) groups excluding carboxylic acids is 1. The molecule has 7 heteroatoms. The van der Waals surface area contributed by atoms with Crippen molar-refractivity contribution in [2.24, 2.45) is 11.8 Å². The molecule has 0 saturated heterocycles. The van der Waals surface area contributed by atoms with Crippen molar-refractivity contribution < 1.29 is 4.79 Å². The summed E-state index contributed by atoms with van der Waals surface area (Å²) in [5.74, 6) is 1.50. The minimum atomic E-state index is 0.166. The summed E-state index contributed by atoms with van der Waals surface area (Å²) in [6.45, 7) is 10.2. The Kier molecular flexibility index (Phi) is 7.65. The number of amides is 1. The van der Waals surface area contributed by atoms with E-state index in [9.17, 15) is 4.79 Å². The van der Waals surface area contributed by atoms with Crippen LogP contribution in [0.4, 0.5) is 0 Å². The summed E-state index contributed by atoms with van der Waals surface area (Å²) >= 11 is 8.33. The maximum atomic E-state index is 12.6. The summed E-state index contributed by atoms with van der Waals surface area (Å²) in [5, 5.41) is 4.56. The van der Waals surface area contributed by atoms with E-state index in [0.29, 0.717) is 21.5 Å². The fourth-order valence-electron chi connectivity index (χ4n) is 2.43. The normalized spacial score (nSPS) is 11.3. The zero-order chi connectivity index (χ0) is 18.4. The van der Waals surface area contributed by atoms with Gasteiger partial charge in [-0.25, -0.2) is 4.68 Å². The highest BCUT2D eigenvalue weighted by Crippen LogP contribution is 2.24. The van der Waals surface area contributed by atoms with Gasteiger partial charge in [-0.2, -0.15) is 0 Å². The standard InChI is InChI=1S/C18H25N3OS3/c1-13(2)10-20(11-14(3)4)16(22)12-24-17-19-21(18(23)25-17)15-8-6-5-7-9-15/h5-9,13-14H,10-12H2,1-4H3. The average Bonchev–Trinajstić information content (AvgIpc) is 2.93. The van der Waals surface area contributed by atoms with Gasteiger partial charge >= 0.3 is 0 Å². The molecule has 136 valence electrons.